The SMILES string of the molecule is C=CC(C)=C(C1=C(C)CCCC1(C)C)c1ccc(C(=O)OCCCCCC)cc1F. The number of rotatable bonds is 9. The standard InChI is InChI=1S/C27H37FO2/c1-7-9-10-11-17-30-26(29)21-14-15-22(23(28)18-21)24(19(3)8-2)25-20(4)13-12-16-27(25,5)6/h8,14-15,18H,2,7,9-13,16-17H2,1,3-6H3. The second kappa shape index (κ2) is 10.7. The van der Waals surface area contributed by atoms with Crippen molar-refractivity contribution in [1.82, 2.24) is 0 Å². The Kier molecular flexibility index (Phi) is 8.64. The van der Waals surface area contributed by atoms with Crippen LogP contribution in [0.25, 0.3) is 5.57 Å². The van der Waals surface area contributed by atoms with E-state index < -0.39 is 11.8 Å². The molecule has 0 saturated heterocycles. The summed E-state index contributed by atoms with van der Waals surface area (Å²) in [4.78, 5) is 12.3. The number of esters is 1. The zero-order chi connectivity index (χ0) is 22.3. The van der Waals surface area contributed by atoms with Crippen molar-refractivity contribution in [3.8, 4) is 0 Å². The Morgan fingerprint density at radius 3 is 2.60 bits per heavy atom. The molecule has 0 N–H and O–H groups in total. The van der Waals surface area contributed by atoms with E-state index in [1.54, 1.807) is 18.2 Å². The lowest BCUT2D eigenvalue weighted by molar-refractivity contribution is 0.0497. The van der Waals surface area contributed by atoms with Crippen molar-refractivity contribution in [1.29, 1.82) is 0 Å². The summed E-state index contributed by atoms with van der Waals surface area (Å²) in [5, 5.41) is 0. The molecular weight excluding hydrogens is 375 g/mol. The van der Waals surface area contributed by atoms with Gasteiger partial charge in [0.05, 0.1) is 12.2 Å². The summed E-state index contributed by atoms with van der Waals surface area (Å²) in [7, 11) is 0. The van der Waals surface area contributed by atoms with E-state index in [2.05, 4.69) is 34.3 Å². The van der Waals surface area contributed by atoms with Crippen molar-refractivity contribution in [2.24, 2.45) is 5.41 Å². The van der Waals surface area contributed by atoms with Crippen LogP contribution in [0.3, 0.4) is 0 Å². The maximum Gasteiger partial charge on any atom is 0.338 e. The molecule has 2 rings (SSSR count). The molecule has 1 aliphatic carbocycles. The lowest BCUT2D eigenvalue weighted by Gasteiger charge is -2.37. The van der Waals surface area contributed by atoms with Crippen LogP contribution < -0.4 is 0 Å². The number of carbonyl (C=O) groups is 1. The number of hydrogen-bond donors (Lipinski definition) is 0. The Labute approximate surface area is 181 Å². The Morgan fingerprint density at radius 1 is 1.27 bits per heavy atom. The molecule has 30 heavy (non-hydrogen) atoms. The van der Waals surface area contributed by atoms with Crippen LogP contribution in [0.5, 0.6) is 0 Å². The molecule has 0 bridgehead atoms. The van der Waals surface area contributed by atoms with Gasteiger partial charge in [-0.3, -0.25) is 0 Å². The van der Waals surface area contributed by atoms with Crippen LogP contribution in [-0.2, 0) is 4.74 Å². The summed E-state index contributed by atoms with van der Waals surface area (Å²) in [6.45, 7) is 15.0. The molecule has 0 aromatic heterocycles. The van der Waals surface area contributed by atoms with E-state index in [4.69, 9.17) is 4.74 Å². The fourth-order valence-corrected chi connectivity index (χ4v) is 4.44. The van der Waals surface area contributed by atoms with Crippen molar-refractivity contribution in [3.05, 3.63) is 64.5 Å². The third kappa shape index (κ3) is 5.71. The number of hydrogen-bond acceptors (Lipinski definition) is 2. The van der Waals surface area contributed by atoms with E-state index in [9.17, 15) is 4.79 Å². The minimum atomic E-state index is -0.462. The number of benzene rings is 1. The zero-order valence-electron chi connectivity index (χ0n) is 19.4. The van der Waals surface area contributed by atoms with Gasteiger partial charge in [0.25, 0.3) is 0 Å². The van der Waals surface area contributed by atoms with Crippen LogP contribution in [0.4, 0.5) is 4.39 Å². The van der Waals surface area contributed by atoms with Gasteiger partial charge < -0.3 is 4.74 Å². The fourth-order valence-electron chi connectivity index (χ4n) is 4.44. The van der Waals surface area contributed by atoms with Gasteiger partial charge in [0.15, 0.2) is 0 Å². The monoisotopic (exact) mass is 412 g/mol. The molecule has 3 heteroatoms. The highest BCUT2D eigenvalue weighted by molar-refractivity contribution is 5.91. The second-order valence-corrected chi connectivity index (χ2v) is 9.05. The molecule has 164 valence electrons. The molecule has 0 atom stereocenters. The molecule has 1 aromatic carbocycles. The summed E-state index contributed by atoms with van der Waals surface area (Å²) in [6.07, 6.45) is 9.17. The molecule has 0 spiro atoms. The molecule has 0 aliphatic heterocycles. The molecule has 2 nitrogen and oxygen atoms in total. The van der Waals surface area contributed by atoms with E-state index in [1.807, 2.05) is 6.92 Å². The molecule has 1 aromatic rings. The molecule has 0 amide bonds. The molecule has 0 saturated carbocycles. The lowest BCUT2D eigenvalue weighted by Crippen LogP contribution is -2.22. The molecular formula is C27H37FO2. The topological polar surface area (TPSA) is 26.3 Å². The first kappa shape index (κ1) is 24.1. The minimum Gasteiger partial charge on any atom is -0.462 e. The van der Waals surface area contributed by atoms with E-state index in [-0.39, 0.29) is 11.0 Å². The van der Waals surface area contributed by atoms with Crippen molar-refractivity contribution >= 4 is 11.5 Å². The summed E-state index contributed by atoms with van der Waals surface area (Å²) in [5.41, 5.74) is 5.11. The van der Waals surface area contributed by atoms with Crippen LogP contribution in [0.1, 0.15) is 95.5 Å². The van der Waals surface area contributed by atoms with Crippen molar-refractivity contribution < 1.29 is 13.9 Å². The third-order valence-electron chi connectivity index (χ3n) is 6.11. The molecule has 0 unspecified atom stereocenters. The summed E-state index contributed by atoms with van der Waals surface area (Å²) < 4.78 is 20.6. The number of carbonyl (C=O) groups excluding carboxylic acids is 1. The van der Waals surface area contributed by atoms with Gasteiger partial charge in [-0.15, -0.1) is 0 Å². The Hall–Kier alpha value is -2.16. The number of ether oxygens (including phenoxy) is 1. The first-order valence-electron chi connectivity index (χ1n) is 11.2. The third-order valence-corrected chi connectivity index (χ3v) is 6.11. The number of halogens is 1. The molecule has 1 aliphatic rings. The van der Waals surface area contributed by atoms with Crippen LogP contribution >= 0.6 is 0 Å². The van der Waals surface area contributed by atoms with Crippen LogP contribution in [0.2, 0.25) is 0 Å². The van der Waals surface area contributed by atoms with Gasteiger partial charge in [0.1, 0.15) is 5.82 Å². The summed E-state index contributed by atoms with van der Waals surface area (Å²) in [5.74, 6) is -0.857. The van der Waals surface area contributed by atoms with Crippen molar-refractivity contribution in [3.63, 3.8) is 0 Å². The van der Waals surface area contributed by atoms with Crippen molar-refractivity contribution in [2.45, 2.75) is 79.6 Å². The Morgan fingerprint density at radius 2 is 2.00 bits per heavy atom. The van der Waals surface area contributed by atoms with Gasteiger partial charge in [0, 0.05) is 5.56 Å². The highest BCUT2D eigenvalue weighted by Gasteiger charge is 2.32. The van der Waals surface area contributed by atoms with Gasteiger partial charge in [-0.25, -0.2) is 9.18 Å². The molecule has 0 radical (unpaired) electrons. The van der Waals surface area contributed by atoms with E-state index in [0.29, 0.717) is 12.2 Å². The largest absolute Gasteiger partial charge is 0.462 e. The van der Waals surface area contributed by atoms with Gasteiger partial charge in [0.2, 0.25) is 0 Å². The second-order valence-electron chi connectivity index (χ2n) is 9.05. The first-order valence-corrected chi connectivity index (χ1v) is 11.2. The lowest BCUT2D eigenvalue weighted by atomic mass is 9.68. The van der Waals surface area contributed by atoms with Crippen molar-refractivity contribution in [2.75, 3.05) is 6.61 Å². The van der Waals surface area contributed by atoms with Gasteiger partial charge >= 0.3 is 5.97 Å². The zero-order valence-corrected chi connectivity index (χ0v) is 19.4. The predicted molar refractivity (Wildman–Crippen MR) is 124 cm³/mol. The van der Waals surface area contributed by atoms with Crippen LogP contribution in [0.15, 0.2) is 47.6 Å². The molecule has 0 heterocycles. The normalized spacial score (nSPS) is 16.9. The van der Waals surface area contributed by atoms with Crippen LogP contribution in [-0.4, -0.2) is 12.6 Å². The molecule has 0 fully saturated rings. The fraction of sp³-hybridized carbons (Fsp3) is 0.519. The number of unbranched alkanes of at least 4 members (excludes halogenated alkanes) is 3. The average Bonchev–Trinajstić information content (AvgIpc) is 2.70. The highest BCUT2D eigenvalue weighted by Crippen LogP contribution is 2.48. The average molecular weight is 413 g/mol. The smallest absolute Gasteiger partial charge is 0.338 e. The maximum atomic E-state index is 15.3. The summed E-state index contributed by atoms with van der Waals surface area (Å²) >= 11 is 0. The van der Waals surface area contributed by atoms with E-state index in [1.165, 1.54) is 17.2 Å². The van der Waals surface area contributed by atoms with Gasteiger partial charge in [-0.2, -0.15) is 0 Å². The quantitative estimate of drug-likeness (QED) is 0.233. The van der Waals surface area contributed by atoms with Gasteiger partial charge in [-0.05, 0) is 73.8 Å². The van der Waals surface area contributed by atoms with Gasteiger partial charge in [-0.1, -0.05) is 64.3 Å². The highest BCUT2D eigenvalue weighted by atomic mass is 19.1. The maximum absolute atomic E-state index is 15.3. The van der Waals surface area contributed by atoms with E-state index >= 15 is 4.39 Å². The van der Waals surface area contributed by atoms with Crippen LogP contribution in [0, 0.1) is 11.2 Å². The Bertz CT molecular complexity index is 842. The van der Waals surface area contributed by atoms with E-state index in [0.717, 1.165) is 56.1 Å². The first-order chi connectivity index (χ1) is 14.2. The minimum absolute atomic E-state index is 0.0372. The number of allylic oxidation sites excluding steroid dienone is 5. The Balaban J connectivity index is 2.35. The summed E-state index contributed by atoms with van der Waals surface area (Å²) in [6, 6.07) is 4.71. The predicted octanol–water partition coefficient (Wildman–Crippen LogP) is 8.05.